The molecule has 1 aromatic heterocycles. The monoisotopic (exact) mass is 534 g/mol. The number of aromatic hydroxyl groups is 1. The first kappa shape index (κ1) is 26.1. The lowest BCUT2D eigenvalue weighted by Crippen LogP contribution is -2.39. The molecule has 202 valence electrons. The summed E-state index contributed by atoms with van der Waals surface area (Å²) >= 11 is 0. The molecule has 0 spiro atoms. The van der Waals surface area contributed by atoms with Gasteiger partial charge >= 0.3 is 0 Å². The molecule has 1 atom stereocenters. The SMILES string of the molecule is C=C(C)COc1ccc(C2C3=C(CC(C)(C)CO3)Nc3c(O)cccc3N2C(=O)c2cnccn2)c(F)c1F. The van der Waals surface area contributed by atoms with E-state index in [2.05, 4.69) is 21.9 Å². The lowest BCUT2D eigenvalue weighted by Gasteiger charge is -2.37. The summed E-state index contributed by atoms with van der Waals surface area (Å²) < 4.78 is 42.9. The number of aromatic nitrogens is 2. The van der Waals surface area contributed by atoms with Crippen LogP contribution in [0.5, 0.6) is 11.5 Å². The molecule has 0 saturated heterocycles. The number of nitrogens with zero attached hydrogens (tertiary/aromatic N) is 3. The van der Waals surface area contributed by atoms with E-state index < -0.39 is 23.6 Å². The van der Waals surface area contributed by atoms with Gasteiger partial charge in [-0.1, -0.05) is 26.5 Å². The predicted molar refractivity (Wildman–Crippen MR) is 141 cm³/mol. The molecule has 2 aromatic carbocycles. The molecule has 1 unspecified atom stereocenters. The highest BCUT2D eigenvalue weighted by atomic mass is 19.2. The summed E-state index contributed by atoms with van der Waals surface area (Å²) in [5.74, 6) is -3.22. The Morgan fingerprint density at radius 3 is 2.77 bits per heavy atom. The fraction of sp³-hybridized carbons (Fsp3) is 0.276. The molecule has 0 saturated carbocycles. The number of nitrogens with one attached hydrogen (secondary N) is 1. The standard InChI is InChI=1S/C29H28F2N4O4/c1-16(2)14-38-22-9-8-17(23(30)24(22)31)26-27-18(12-29(3,4)15-39-27)34-25-20(6-5-7-21(25)36)35(26)28(37)19-13-32-10-11-33-19/h5-11,13,26,34,36H,1,12,14-15H2,2-4H3. The van der Waals surface area contributed by atoms with E-state index in [0.717, 1.165) is 0 Å². The fourth-order valence-electron chi connectivity index (χ4n) is 4.70. The van der Waals surface area contributed by atoms with Crippen LogP contribution in [0, 0.1) is 17.0 Å². The molecular formula is C29H28F2N4O4. The molecule has 10 heteroatoms. The predicted octanol–water partition coefficient (Wildman–Crippen LogP) is 5.89. The van der Waals surface area contributed by atoms with Crippen LogP contribution in [-0.4, -0.2) is 34.2 Å². The summed E-state index contributed by atoms with van der Waals surface area (Å²) in [6.07, 6.45) is 4.53. The molecule has 2 aliphatic heterocycles. The van der Waals surface area contributed by atoms with Crippen molar-refractivity contribution in [3.63, 3.8) is 0 Å². The first-order chi connectivity index (χ1) is 18.6. The van der Waals surface area contributed by atoms with Crippen molar-refractivity contribution in [3.05, 3.63) is 95.4 Å². The van der Waals surface area contributed by atoms with Crippen molar-refractivity contribution in [2.45, 2.75) is 33.2 Å². The number of phenolic OH excluding ortho intramolecular Hbond substituents is 1. The van der Waals surface area contributed by atoms with Crippen LogP contribution in [0.15, 0.2) is 72.5 Å². The van der Waals surface area contributed by atoms with E-state index in [-0.39, 0.29) is 58.5 Å². The maximum Gasteiger partial charge on any atom is 0.279 e. The van der Waals surface area contributed by atoms with Crippen LogP contribution in [0.1, 0.15) is 49.3 Å². The number of amides is 1. The van der Waals surface area contributed by atoms with E-state index in [0.29, 0.717) is 17.7 Å². The van der Waals surface area contributed by atoms with Gasteiger partial charge in [0.1, 0.15) is 35.5 Å². The van der Waals surface area contributed by atoms with E-state index in [1.54, 1.807) is 19.1 Å². The van der Waals surface area contributed by atoms with Gasteiger partial charge in [0.15, 0.2) is 11.6 Å². The second kappa shape index (κ2) is 10.0. The van der Waals surface area contributed by atoms with Crippen LogP contribution in [0.3, 0.4) is 0 Å². The van der Waals surface area contributed by atoms with Crippen LogP contribution >= 0.6 is 0 Å². The third-order valence-electron chi connectivity index (χ3n) is 6.48. The number of anilines is 2. The molecule has 0 radical (unpaired) electrons. The minimum atomic E-state index is -1.24. The van der Waals surface area contributed by atoms with Crippen molar-refractivity contribution in [1.82, 2.24) is 9.97 Å². The molecule has 1 amide bonds. The van der Waals surface area contributed by atoms with Crippen molar-refractivity contribution in [2.24, 2.45) is 5.41 Å². The van der Waals surface area contributed by atoms with Crippen molar-refractivity contribution in [2.75, 3.05) is 23.4 Å². The van der Waals surface area contributed by atoms with E-state index >= 15 is 8.78 Å². The molecule has 2 N–H and O–H groups in total. The number of hydrogen-bond donors (Lipinski definition) is 2. The first-order valence-corrected chi connectivity index (χ1v) is 12.4. The van der Waals surface area contributed by atoms with Gasteiger partial charge in [0, 0.05) is 23.4 Å². The van der Waals surface area contributed by atoms with Crippen LogP contribution in [0.4, 0.5) is 20.2 Å². The number of ether oxygens (including phenoxy) is 2. The molecule has 3 aromatic rings. The quantitative estimate of drug-likeness (QED) is 0.311. The maximum atomic E-state index is 15.9. The summed E-state index contributed by atoms with van der Waals surface area (Å²) in [7, 11) is 0. The smallest absolute Gasteiger partial charge is 0.279 e. The first-order valence-electron chi connectivity index (χ1n) is 12.4. The van der Waals surface area contributed by atoms with Gasteiger partial charge in [0.25, 0.3) is 5.91 Å². The topological polar surface area (TPSA) is 96.8 Å². The molecular weight excluding hydrogens is 506 g/mol. The number of carbonyl (C=O) groups excluding carboxylic acids is 1. The van der Waals surface area contributed by atoms with Gasteiger partial charge in [-0.2, -0.15) is 4.39 Å². The highest BCUT2D eigenvalue weighted by molar-refractivity contribution is 6.08. The van der Waals surface area contributed by atoms with Crippen LogP contribution in [-0.2, 0) is 4.74 Å². The van der Waals surface area contributed by atoms with Crippen molar-refractivity contribution in [3.8, 4) is 11.5 Å². The summed E-state index contributed by atoms with van der Waals surface area (Å²) in [5, 5.41) is 14.0. The summed E-state index contributed by atoms with van der Waals surface area (Å²) in [5.41, 5.74) is 1.14. The maximum absolute atomic E-state index is 15.9. The van der Waals surface area contributed by atoms with Crippen molar-refractivity contribution in [1.29, 1.82) is 0 Å². The van der Waals surface area contributed by atoms with Crippen LogP contribution in [0.25, 0.3) is 0 Å². The van der Waals surface area contributed by atoms with Crippen molar-refractivity contribution < 1.29 is 28.2 Å². The molecule has 0 bridgehead atoms. The minimum Gasteiger partial charge on any atom is -0.506 e. The zero-order valence-electron chi connectivity index (χ0n) is 21.8. The van der Waals surface area contributed by atoms with Gasteiger partial charge < -0.3 is 19.9 Å². The van der Waals surface area contributed by atoms with Gasteiger partial charge in [-0.15, -0.1) is 0 Å². The third kappa shape index (κ3) is 4.89. The Morgan fingerprint density at radius 1 is 1.26 bits per heavy atom. The molecule has 0 aliphatic carbocycles. The number of para-hydroxylation sites is 1. The summed E-state index contributed by atoms with van der Waals surface area (Å²) in [4.78, 5) is 23.4. The van der Waals surface area contributed by atoms with Gasteiger partial charge in [-0.05, 0) is 43.2 Å². The Balaban J connectivity index is 1.76. The Labute approximate surface area is 224 Å². The molecule has 8 nitrogen and oxygen atoms in total. The number of benzene rings is 2. The van der Waals surface area contributed by atoms with E-state index in [4.69, 9.17) is 9.47 Å². The number of carbonyl (C=O) groups is 1. The zero-order chi connectivity index (χ0) is 27.9. The Hall–Kier alpha value is -4.47. The van der Waals surface area contributed by atoms with Crippen LogP contribution < -0.4 is 15.0 Å². The average molecular weight is 535 g/mol. The summed E-state index contributed by atoms with van der Waals surface area (Å²) in [6.45, 7) is 9.71. The van der Waals surface area contributed by atoms with Gasteiger partial charge in [0.05, 0.1) is 24.2 Å². The Kier molecular flexibility index (Phi) is 6.71. The third-order valence-corrected chi connectivity index (χ3v) is 6.48. The lowest BCUT2D eigenvalue weighted by atomic mass is 9.85. The Bertz CT molecular complexity index is 1490. The number of rotatable bonds is 5. The molecule has 5 rings (SSSR count). The lowest BCUT2D eigenvalue weighted by molar-refractivity contribution is 0.0755. The molecule has 3 heterocycles. The molecule has 2 aliphatic rings. The summed E-state index contributed by atoms with van der Waals surface area (Å²) in [6, 6.07) is 6.08. The number of hydrogen-bond acceptors (Lipinski definition) is 7. The van der Waals surface area contributed by atoms with Gasteiger partial charge in [-0.3, -0.25) is 14.7 Å². The second-order valence-corrected chi connectivity index (χ2v) is 10.5. The van der Waals surface area contributed by atoms with Crippen molar-refractivity contribution >= 4 is 17.3 Å². The zero-order valence-corrected chi connectivity index (χ0v) is 21.8. The molecule has 39 heavy (non-hydrogen) atoms. The fourth-order valence-corrected chi connectivity index (χ4v) is 4.70. The number of phenols is 1. The average Bonchev–Trinajstić information content (AvgIpc) is 3.04. The second-order valence-electron chi connectivity index (χ2n) is 10.5. The van der Waals surface area contributed by atoms with E-state index in [1.807, 2.05) is 13.8 Å². The number of fused-ring (bicyclic) bond motifs is 1. The number of halogens is 2. The Morgan fingerprint density at radius 2 is 2.05 bits per heavy atom. The van der Waals surface area contributed by atoms with Gasteiger partial charge in [-0.25, -0.2) is 9.37 Å². The number of allylic oxidation sites excluding steroid dienone is 1. The highest BCUT2D eigenvalue weighted by Gasteiger charge is 2.43. The van der Waals surface area contributed by atoms with E-state index in [9.17, 15) is 9.90 Å². The normalized spacial score (nSPS) is 17.8. The van der Waals surface area contributed by atoms with E-state index in [1.165, 1.54) is 41.7 Å². The molecule has 0 fully saturated rings. The largest absolute Gasteiger partial charge is 0.506 e. The van der Waals surface area contributed by atoms with Crippen LogP contribution in [0.2, 0.25) is 0 Å². The highest BCUT2D eigenvalue weighted by Crippen LogP contribution is 2.50. The van der Waals surface area contributed by atoms with Gasteiger partial charge in [0.2, 0.25) is 5.82 Å². The minimum absolute atomic E-state index is 0.0144.